The number of rotatable bonds is 0. The molecular formula is C8H18O2S. The standard InChI is InChI=1S/C6H10OS.C2H6.H2O/c1-5-3-8(7)4-6(5)2;1-2;/h3-4H2,1-2H3;1-2H3;1H2. The molecule has 0 aliphatic carbocycles. The fraction of sp³-hybridized carbons (Fsp3) is 0.750. The summed E-state index contributed by atoms with van der Waals surface area (Å²) >= 11 is 0. The van der Waals surface area contributed by atoms with Crippen LogP contribution in [0, 0.1) is 0 Å². The predicted molar refractivity (Wildman–Crippen MR) is 51.2 cm³/mol. The Morgan fingerprint density at radius 2 is 1.36 bits per heavy atom. The van der Waals surface area contributed by atoms with Crippen LogP contribution < -0.4 is 0 Å². The maximum absolute atomic E-state index is 10.7. The predicted octanol–water partition coefficient (Wildman–Crippen LogP) is 1.29. The molecule has 0 saturated carbocycles. The van der Waals surface area contributed by atoms with Crippen LogP contribution >= 0.6 is 0 Å². The third kappa shape index (κ3) is 4.32. The summed E-state index contributed by atoms with van der Waals surface area (Å²) in [6.45, 7) is 8.11. The van der Waals surface area contributed by atoms with Gasteiger partial charge in [-0.2, -0.15) is 0 Å². The molecule has 0 fully saturated rings. The summed E-state index contributed by atoms with van der Waals surface area (Å²) < 4.78 is 10.7. The van der Waals surface area contributed by atoms with Crippen LogP contribution in [-0.4, -0.2) is 21.2 Å². The van der Waals surface area contributed by atoms with E-state index in [-0.39, 0.29) is 5.48 Å². The van der Waals surface area contributed by atoms with E-state index in [0.29, 0.717) is 0 Å². The second kappa shape index (κ2) is 6.55. The first kappa shape index (κ1) is 13.4. The molecular weight excluding hydrogens is 160 g/mol. The molecule has 0 spiro atoms. The van der Waals surface area contributed by atoms with Gasteiger partial charge in [0.15, 0.2) is 0 Å². The van der Waals surface area contributed by atoms with Crippen LogP contribution in [0.15, 0.2) is 11.1 Å². The van der Waals surface area contributed by atoms with Gasteiger partial charge in [0.1, 0.15) is 0 Å². The molecule has 1 rings (SSSR count). The molecule has 0 saturated heterocycles. The molecule has 3 heteroatoms. The van der Waals surface area contributed by atoms with Gasteiger partial charge in [0.2, 0.25) is 0 Å². The highest BCUT2D eigenvalue weighted by Crippen LogP contribution is 2.14. The molecule has 1 aliphatic rings. The highest BCUT2D eigenvalue weighted by molar-refractivity contribution is 7.85. The molecule has 68 valence electrons. The van der Waals surface area contributed by atoms with Gasteiger partial charge in [0, 0.05) is 22.3 Å². The van der Waals surface area contributed by atoms with E-state index in [9.17, 15) is 4.21 Å². The second-order valence-corrected chi connectivity index (χ2v) is 3.75. The molecule has 0 aromatic carbocycles. The van der Waals surface area contributed by atoms with Crippen molar-refractivity contribution < 1.29 is 9.69 Å². The quantitative estimate of drug-likeness (QED) is 0.516. The van der Waals surface area contributed by atoms with Gasteiger partial charge in [-0.25, -0.2) is 0 Å². The first-order valence-electron chi connectivity index (χ1n) is 3.70. The average molecular weight is 178 g/mol. The van der Waals surface area contributed by atoms with Gasteiger partial charge in [-0.1, -0.05) is 25.0 Å². The third-order valence-corrected chi connectivity index (χ3v) is 2.99. The second-order valence-electron chi connectivity index (χ2n) is 2.29. The van der Waals surface area contributed by atoms with E-state index in [4.69, 9.17) is 0 Å². The zero-order chi connectivity index (χ0) is 8.15. The molecule has 0 atom stereocenters. The molecule has 0 aromatic heterocycles. The molecule has 2 nitrogen and oxygen atoms in total. The van der Waals surface area contributed by atoms with Crippen molar-refractivity contribution in [1.82, 2.24) is 0 Å². The van der Waals surface area contributed by atoms with E-state index >= 15 is 0 Å². The minimum atomic E-state index is -0.557. The Kier molecular flexibility index (Phi) is 8.01. The van der Waals surface area contributed by atoms with Crippen molar-refractivity contribution in [3.63, 3.8) is 0 Å². The van der Waals surface area contributed by atoms with Gasteiger partial charge in [-0.15, -0.1) is 0 Å². The van der Waals surface area contributed by atoms with E-state index in [1.54, 1.807) is 0 Å². The van der Waals surface area contributed by atoms with Crippen LogP contribution in [0.2, 0.25) is 0 Å². The van der Waals surface area contributed by atoms with Crippen LogP contribution in [0.5, 0.6) is 0 Å². The van der Waals surface area contributed by atoms with Gasteiger partial charge >= 0.3 is 0 Å². The molecule has 1 heterocycles. The maximum Gasteiger partial charge on any atom is 0.0448 e. The topological polar surface area (TPSA) is 48.6 Å². The van der Waals surface area contributed by atoms with E-state index in [1.165, 1.54) is 11.1 Å². The molecule has 2 N–H and O–H groups in total. The monoisotopic (exact) mass is 178 g/mol. The zero-order valence-electron chi connectivity index (χ0n) is 7.73. The fourth-order valence-electron chi connectivity index (χ4n) is 0.780. The minimum Gasteiger partial charge on any atom is -0.412 e. The van der Waals surface area contributed by atoms with Crippen molar-refractivity contribution in [3.8, 4) is 0 Å². The van der Waals surface area contributed by atoms with Crippen molar-refractivity contribution in [2.45, 2.75) is 27.7 Å². The Morgan fingerprint density at radius 3 is 1.45 bits per heavy atom. The summed E-state index contributed by atoms with van der Waals surface area (Å²) in [6.07, 6.45) is 0. The fourth-order valence-corrected chi connectivity index (χ4v) is 2.34. The van der Waals surface area contributed by atoms with Crippen molar-refractivity contribution >= 4 is 10.8 Å². The largest absolute Gasteiger partial charge is 0.412 e. The van der Waals surface area contributed by atoms with Crippen molar-refractivity contribution in [1.29, 1.82) is 0 Å². The van der Waals surface area contributed by atoms with Crippen molar-refractivity contribution in [3.05, 3.63) is 11.1 Å². The average Bonchev–Trinajstić information content (AvgIpc) is 2.16. The minimum absolute atomic E-state index is 0. The molecule has 0 bridgehead atoms. The molecule has 0 aromatic rings. The lowest BCUT2D eigenvalue weighted by molar-refractivity contribution is 0.687. The summed E-state index contributed by atoms with van der Waals surface area (Å²) in [7, 11) is -0.557. The van der Waals surface area contributed by atoms with Crippen LogP contribution in [-0.2, 0) is 10.8 Å². The Bertz CT molecular complexity index is 145. The molecule has 0 radical (unpaired) electrons. The Balaban J connectivity index is 0. The van der Waals surface area contributed by atoms with Gasteiger partial charge in [-0.3, -0.25) is 4.21 Å². The van der Waals surface area contributed by atoms with Crippen molar-refractivity contribution in [2.75, 3.05) is 11.5 Å². The van der Waals surface area contributed by atoms with Crippen LogP contribution in [0.1, 0.15) is 27.7 Å². The van der Waals surface area contributed by atoms with E-state index in [2.05, 4.69) is 13.8 Å². The highest BCUT2D eigenvalue weighted by atomic mass is 32.2. The zero-order valence-corrected chi connectivity index (χ0v) is 8.55. The molecule has 0 amide bonds. The van der Waals surface area contributed by atoms with Crippen LogP contribution in [0.3, 0.4) is 0 Å². The van der Waals surface area contributed by atoms with Gasteiger partial charge in [0.05, 0.1) is 0 Å². The lowest BCUT2D eigenvalue weighted by Gasteiger charge is -1.85. The summed E-state index contributed by atoms with van der Waals surface area (Å²) in [5.41, 5.74) is 2.65. The lowest BCUT2D eigenvalue weighted by Crippen LogP contribution is -1.90. The van der Waals surface area contributed by atoms with Crippen LogP contribution in [0.4, 0.5) is 0 Å². The Labute approximate surface area is 71.5 Å². The number of hydrogen-bond donors (Lipinski definition) is 0. The Hall–Kier alpha value is -0.150. The summed E-state index contributed by atoms with van der Waals surface area (Å²) in [5, 5.41) is 0. The third-order valence-electron chi connectivity index (χ3n) is 1.48. The van der Waals surface area contributed by atoms with Gasteiger partial charge in [0.25, 0.3) is 0 Å². The SMILES string of the molecule is CC.CC1=C(C)CS(=O)C1.O. The smallest absolute Gasteiger partial charge is 0.0448 e. The van der Waals surface area contributed by atoms with E-state index in [1.807, 2.05) is 13.8 Å². The Morgan fingerprint density at radius 1 is 1.09 bits per heavy atom. The van der Waals surface area contributed by atoms with Crippen molar-refractivity contribution in [2.24, 2.45) is 0 Å². The highest BCUT2D eigenvalue weighted by Gasteiger charge is 2.12. The molecule has 11 heavy (non-hydrogen) atoms. The summed E-state index contributed by atoms with van der Waals surface area (Å²) in [6, 6.07) is 0. The lowest BCUT2D eigenvalue weighted by atomic mass is 10.2. The van der Waals surface area contributed by atoms with Crippen LogP contribution in [0.25, 0.3) is 0 Å². The number of hydrogen-bond acceptors (Lipinski definition) is 1. The first-order chi connectivity index (χ1) is 4.70. The van der Waals surface area contributed by atoms with Gasteiger partial charge in [-0.05, 0) is 13.8 Å². The van der Waals surface area contributed by atoms with E-state index in [0.717, 1.165) is 11.5 Å². The first-order valence-corrected chi connectivity index (χ1v) is 5.19. The molecule has 1 aliphatic heterocycles. The maximum atomic E-state index is 10.7. The summed E-state index contributed by atoms with van der Waals surface area (Å²) in [5.74, 6) is 1.62. The molecule has 0 unspecified atom stereocenters. The van der Waals surface area contributed by atoms with Gasteiger partial charge < -0.3 is 5.48 Å². The summed E-state index contributed by atoms with van der Waals surface area (Å²) in [4.78, 5) is 0. The normalized spacial score (nSPS) is 17.1. The van der Waals surface area contributed by atoms with E-state index < -0.39 is 10.8 Å².